The molecule has 2 aliphatic heterocycles. The monoisotopic (exact) mass is 1020 g/mol. The van der Waals surface area contributed by atoms with Gasteiger partial charge in [-0.2, -0.15) is 0 Å². The standard InChI is InChI=1S/C45H70N12O11S2/c1-7-23(4)36-43(66)51-28(14-15-33(47)58)40(63)52-30(18-34(48)59)41(64)54-31(45(68)57-16-10-13-32(57)42(65)53-29(17-22(2)3)39(62)50-19-35(49)60)21-70-69-20-27(46)38(61)56-37(44(67)55-36)25(6)26-12-9-8-11-24(26)5/h8-9,11-12,22-23,25,27-32,36-37H,7,10,13-21,46H2,1-6H3,(H2,47,58)(H2,48,59)(H2,49,60)(H,50,62)(H,51,66)(H,52,63)(H,53,65)(H,54,64)(H,55,67)(H,56,61)/t23?,25-,27-,28-,29-,30-,31-,32-,36-,37-/m0/s1. The molecule has 2 fully saturated rings. The quantitative estimate of drug-likeness (QED) is 0.0723. The molecular weight excluding hydrogens is 949 g/mol. The Hall–Kier alpha value is -5.95. The zero-order chi connectivity index (χ0) is 52.4. The van der Waals surface area contributed by atoms with Crippen molar-refractivity contribution in [3.63, 3.8) is 0 Å². The number of nitrogens with zero attached hydrogens (tertiary/aromatic N) is 1. The van der Waals surface area contributed by atoms with Crippen LogP contribution < -0.4 is 60.2 Å². The van der Waals surface area contributed by atoms with Crippen LogP contribution in [-0.2, 0) is 52.7 Å². The Morgan fingerprint density at radius 2 is 1.39 bits per heavy atom. The van der Waals surface area contributed by atoms with E-state index in [9.17, 15) is 52.7 Å². The van der Waals surface area contributed by atoms with Crippen molar-refractivity contribution < 1.29 is 52.7 Å². The number of nitrogens with one attached hydrogen (secondary N) is 7. The van der Waals surface area contributed by atoms with Gasteiger partial charge in [-0.05, 0) is 55.6 Å². The van der Waals surface area contributed by atoms with Gasteiger partial charge in [0, 0.05) is 30.4 Å². The molecule has 3 rings (SSSR count). The van der Waals surface area contributed by atoms with Gasteiger partial charge in [0.15, 0.2) is 0 Å². The van der Waals surface area contributed by atoms with E-state index in [1.165, 1.54) is 4.90 Å². The smallest absolute Gasteiger partial charge is 0.246 e. The average molecular weight is 1020 g/mol. The fourth-order valence-electron chi connectivity index (χ4n) is 7.93. The molecule has 388 valence electrons. The maximum absolute atomic E-state index is 14.5. The molecule has 0 radical (unpaired) electrons. The van der Waals surface area contributed by atoms with Crippen molar-refractivity contribution in [2.45, 2.75) is 141 Å². The van der Waals surface area contributed by atoms with Crippen molar-refractivity contribution in [1.82, 2.24) is 42.1 Å². The summed E-state index contributed by atoms with van der Waals surface area (Å²) in [7, 11) is 2.10. The number of benzene rings is 1. The molecule has 2 saturated heterocycles. The minimum absolute atomic E-state index is 0.0604. The Morgan fingerprint density at radius 3 is 2.00 bits per heavy atom. The third-order valence-electron chi connectivity index (χ3n) is 12.0. The molecule has 11 amide bonds. The number of primary amides is 3. The van der Waals surface area contributed by atoms with E-state index in [0.717, 1.165) is 32.7 Å². The van der Waals surface area contributed by atoms with Gasteiger partial charge in [0.2, 0.25) is 65.0 Å². The zero-order valence-electron chi connectivity index (χ0n) is 40.5. The topological polar surface area (TPSA) is 379 Å². The van der Waals surface area contributed by atoms with Gasteiger partial charge in [-0.25, -0.2) is 0 Å². The molecule has 15 N–H and O–H groups in total. The number of hydrogen-bond donors (Lipinski definition) is 11. The summed E-state index contributed by atoms with van der Waals surface area (Å²) in [6.07, 6.45) is -0.494. The first-order chi connectivity index (χ1) is 32.9. The second-order valence-corrected chi connectivity index (χ2v) is 20.7. The summed E-state index contributed by atoms with van der Waals surface area (Å²) in [5.74, 6) is -10.7. The number of hydrogen-bond acceptors (Lipinski definition) is 14. The van der Waals surface area contributed by atoms with Gasteiger partial charge in [0.05, 0.1) is 19.0 Å². The van der Waals surface area contributed by atoms with Gasteiger partial charge in [-0.1, -0.05) is 86.9 Å². The molecule has 23 nitrogen and oxygen atoms in total. The van der Waals surface area contributed by atoms with Crippen molar-refractivity contribution in [3.8, 4) is 0 Å². The third-order valence-corrected chi connectivity index (χ3v) is 14.5. The summed E-state index contributed by atoms with van der Waals surface area (Å²) in [6.45, 7) is 10.3. The first kappa shape index (κ1) is 58.4. The van der Waals surface area contributed by atoms with E-state index in [1.807, 2.05) is 32.9 Å². The van der Waals surface area contributed by atoms with Crippen LogP contribution in [0.25, 0.3) is 0 Å². The summed E-state index contributed by atoms with van der Waals surface area (Å²) in [4.78, 5) is 149. The van der Waals surface area contributed by atoms with Crippen molar-refractivity contribution in [3.05, 3.63) is 35.4 Å². The third kappa shape index (κ3) is 17.8. The number of rotatable bonds is 17. The van der Waals surface area contributed by atoms with E-state index in [4.69, 9.17) is 22.9 Å². The second-order valence-electron chi connectivity index (χ2n) is 18.1. The van der Waals surface area contributed by atoms with Crippen LogP contribution >= 0.6 is 21.6 Å². The van der Waals surface area contributed by atoms with Crippen LogP contribution in [0.2, 0.25) is 0 Å². The number of amides is 11. The fraction of sp³-hybridized carbons (Fsp3) is 0.622. The van der Waals surface area contributed by atoms with Crippen LogP contribution in [0.4, 0.5) is 0 Å². The van der Waals surface area contributed by atoms with E-state index in [2.05, 4.69) is 37.2 Å². The van der Waals surface area contributed by atoms with E-state index < -0.39 is 145 Å². The molecule has 10 atom stereocenters. The average Bonchev–Trinajstić information content (AvgIpc) is 3.80. The molecule has 1 unspecified atom stereocenters. The number of likely N-dealkylation sites (tertiary alicyclic amines) is 1. The fourth-order valence-corrected chi connectivity index (χ4v) is 10.2. The molecule has 2 aliphatic rings. The summed E-state index contributed by atoms with van der Waals surface area (Å²) >= 11 is 0. The van der Waals surface area contributed by atoms with E-state index in [-0.39, 0.29) is 43.2 Å². The normalized spacial score (nSPS) is 24.6. The molecule has 1 aromatic rings. The van der Waals surface area contributed by atoms with Gasteiger partial charge in [-0.15, -0.1) is 0 Å². The lowest BCUT2D eigenvalue weighted by Gasteiger charge is -2.32. The van der Waals surface area contributed by atoms with Gasteiger partial charge in [0.25, 0.3) is 0 Å². The van der Waals surface area contributed by atoms with Crippen LogP contribution in [0.3, 0.4) is 0 Å². The molecule has 0 bridgehead atoms. The van der Waals surface area contributed by atoms with Crippen molar-refractivity contribution in [2.24, 2.45) is 34.8 Å². The van der Waals surface area contributed by atoms with E-state index >= 15 is 0 Å². The molecule has 0 spiro atoms. The van der Waals surface area contributed by atoms with Crippen molar-refractivity contribution in [2.75, 3.05) is 24.6 Å². The summed E-state index contributed by atoms with van der Waals surface area (Å²) in [5, 5.41) is 18.2. The van der Waals surface area contributed by atoms with Crippen molar-refractivity contribution >= 4 is 86.6 Å². The Morgan fingerprint density at radius 1 is 0.771 bits per heavy atom. The molecule has 0 aliphatic carbocycles. The van der Waals surface area contributed by atoms with Crippen LogP contribution in [0.5, 0.6) is 0 Å². The van der Waals surface area contributed by atoms with Crippen LogP contribution in [-0.4, -0.2) is 143 Å². The first-order valence-corrected chi connectivity index (χ1v) is 25.7. The minimum Gasteiger partial charge on any atom is -0.370 e. The maximum atomic E-state index is 14.5. The summed E-state index contributed by atoms with van der Waals surface area (Å²) < 4.78 is 0. The predicted molar refractivity (Wildman–Crippen MR) is 262 cm³/mol. The van der Waals surface area contributed by atoms with Crippen LogP contribution in [0.1, 0.15) is 96.6 Å². The maximum Gasteiger partial charge on any atom is 0.246 e. The lowest BCUT2D eigenvalue weighted by Crippen LogP contribution is -2.62. The number of carbonyl (C=O) groups excluding carboxylic acids is 11. The second kappa shape index (κ2) is 28.0. The van der Waals surface area contributed by atoms with Crippen molar-refractivity contribution in [1.29, 1.82) is 0 Å². The summed E-state index contributed by atoms with van der Waals surface area (Å²) in [6, 6.07) is -3.49. The number of aryl methyl sites for hydroxylation is 1. The Balaban J connectivity index is 2.08. The Bertz CT molecular complexity index is 2100. The van der Waals surface area contributed by atoms with Gasteiger partial charge < -0.3 is 65.1 Å². The van der Waals surface area contributed by atoms with E-state index in [1.54, 1.807) is 32.9 Å². The lowest BCUT2D eigenvalue weighted by atomic mass is 9.88. The molecule has 0 aromatic heterocycles. The van der Waals surface area contributed by atoms with E-state index in [0.29, 0.717) is 12.8 Å². The Labute approximate surface area is 415 Å². The molecule has 1 aromatic carbocycles. The molecule has 0 saturated carbocycles. The van der Waals surface area contributed by atoms with Crippen LogP contribution in [0, 0.1) is 18.8 Å². The molecular formula is C45H70N12O11S2. The van der Waals surface area contributed by atoms with Gasteiger partial charge >= 0.3 is 0 Å². The highest BCUT2D eigenvalue weighted by molar-refractivity contribution is 8.76. The molecule has 70 heavy (non-hydrogen) atoms. The largest absolute Gasteiger partial charge is 0.370 e. The SMILES string of the molecule is CCC(C)[C@@H]1NC(=O)[C@H]([C@@H](C)c2ccccc2C)NC(=O)[C@@H](N)CSSC[C@@H](C(=O)N2CCC[C@H]2C(=O)N[C@@H](CC(C)C)C(=O)NCC(N)=O)NC(=O)[C@H](CC(N)=O)NC(=O)[C@H](CCC(N)=O)NC1=O. The van der Waals surface area contributed by atoms with Crippen LogP contribution in [0.15, 0.2) is 24.3 Å². The minimum atomic E-state index is -1.74. The highest BCUT2D eigenvalue weighted by Gasteiger charge is 2.41. The first-order valence-electron chi connectivity index (χ1n) is 23.3. The lowest BCUT2D eigenvalue weighted by molar-refractivity contribution is -0.142. The molecule has 25 heteroatoms. The molecule has 2 heterocycles. The summed E-state index contributed by atoms with van der Waals surface area (Å²) in [5.41, 5.74) is 24.1. The number of nitrogens with two attached hydrogens (primary N) is 4. The van der Waals surface area contributed by atoms with Gasteiger partial charge in [0.1, 0.15) is 42.3 Å². The number of carbonyl (C=O) groups is 11. The highest BCUT2D eigenvalue weighted by atomic mass is 33.1. The zero-order valence-corrected chi connectivity index (χ0v) is 42.1. The Kier molecular flexibility index (Phi) is 23.4. The van der Waals surface area contributed by atoms with Gasteiger partial charge in [-0.3, -0.25) is 52.7 Å². The predicted octanol–water partition coefficient (Wildman–Crippen LogP) is -2.44. The highest BCUT2D eigenvalue weighted by Crippen LogP contribution is 2.27.